The number of hydrogen-bond donors (Lipinski definition) is 1. The molecule has 4 rings (SSSR count). The molecule has 0 atom stereocenters. The molecule has 2 aromatic carbocycles. The Balaban J connectivity index is 1.42. The number of hydrogen-bond acceptors (Lipinski definition) is 5. The van der Waals surface area contributed by atoms with Crippen molar-refractivity contribution >= 4 is 65.8 Å². The molecule has 31 heavy (non-hydrogen) atoms. The highest BCUT2D eigenvalue weighted by Gasteiger charge is 2.33. The molecule has 12 heteroatoms. The minimum absolute atomic E-state index is 0.0803. The topological polar surface area (TPSA) is 79.4 Å². The van der Waals surface area contributed by atoms with E-state index in [2.05, 4.69) is 10.3 Å². The second-order valence-electron chi connectivity index (χ2n) is 6.97. The lowest BCUT2D eigenvalue weighted by Gasteiger charge is -2.30. The molecule has 0 radical (unpaired) electrons. The Morgan fingerprint density at radius 3 is 2.42 bits per heavy atom. The van der Waals surface area contributed by atoms with Gasteiger partial charge in [0.25, 0.3) is 0 Å². The molecule has 1 saturated heterocycles. The number of anilines is 1. The molecular weight excluding hydrogens is 491 g/mol. The Hall–Kier alpha value is -1.85. The predicted molar refractivity (Wildman–Crippen MR) is 116 cm³/mol. The van der Waals surface area contributed by atoms with Gasteiger partial charge in [0, 0.05) is 19.0 Å². The summed E-state index contributed by atoms with van der Waals surface area (Å²) >= 11 is 13.5. The number of nitrogens with zero attached hydrogens (tertiary/aromatic N) is 2. The summed E-state index contributed by atoms with van der Waals surface area (Å²) in [6.45, 7) is 0.161. The van der Waals surface area contributed by atoms with Crippen LogP contribution < -0.4 is 5.32 Å². The summed E-state index contributed by atoms with van der Waals surface area (Å²) in [7, 11) is -3.98. The lowest BCUT2D eigenvalue weighted by Crippen LogP contribution is -2.41. The standard InChI is InChI=1S/C19H15Cl2F2N3O3S2/c20-12-2-3-13(21)17-16(12)24-19(30-17)25-18(27)10-5-7-26(8-6-10)31(28,29)11-1-4-14(22)15(23)9-11/h1-4,9-10H,5-8H2,(H,24,25,27). The van der Waals surface area contributed by atoms with Crippen LogP contribution in [0, 0.1) is 17.6 Å². The Morgan fingerprint density at radius 2 is 1.77 bits per heavy atom. The second-order valence-corrected chi connectivity index (χ2v) is 10.7. The number of amides is 1. The highest BCUT2D eigenvalue weighted by Crippen LogP contribution is 2.36. The molecule has 1 N–H and O–H groups in total. The van der Waals surface area contributed by atoms with Crippen LogP contribution in [0.15, 0.2) is 35.2 Å². The van der Waals surface area contributed by atoms with E-state index in [0.29, 0.717) is 31.5 Å². The van der Waals surface area contributed by atoms with Crippen LogP contribution in [-0.2, 0) is 14.8 Å². The number of carbonyl (C=O) groups is 1. The summed E-state index contributed by atoms with van der Waals surface area (Å²) in [5, 5.41) is 4.00. The first-order chi connectivity index (χ1) is 14.7. The summed E-state index contributed by atoms with van der Waals surface area (Å²) in [4.78, 5) is 16.6. The molecule has 0 saturated carbocycles. The van der Waals surface area contributed by atoms with Gasteiger partial charge >= 0.3 is 0 Å². The number of fused-ring (bicyclic) bond motifs is 1. The van der Waals surface area contributed by atoms with Crippen molar-refractivity contribution in [3.05, 3.63) is 52.0 Å². The average molecular weight is 506 g/mol. The van der Waals surface area contributed by atoms with E-state index in [1.807, 2.05) is 0 Å². The van der Waals surface area contributed by atoms with Gasteiger partial charge in [0.2, 0.25) is 15.9 Å². The van der Waals surface area contributed by atoms with Crippen molar-refractivity contribution in [2.24, 2.45) is 5.92 Å². The Bertz CT molecular complexity index is 1240. The molecule has 0 unspecified atom stereocenters. The molecule has 6 nitrogen and oxygen atoms in total. The summed E-state index contributed by atoms with van der Waals surface area (Å²) < 4.78 is 53.8. The molecular formula is C19H15Cl2F2N3O3S2. The Kier molecular flexibility index (Phi) is 6.19. The van der Waals surface area contributed by atoms with Crippen molar-refractivity contribution in [2.45, 2.75) is 17.7 Å². The SMILES string of the molecule is O=C(Nc1nc2c(Cl)ccc(Cl)c2s1)C1CCN(S(=O)(=O)c2ccc(F)c(F)c2)CC1. The van der Waals surface area contributed by atoms with E-state index in [4.69, 9.17) is 23.2 Å². The smallest absolute Gasteiger partial charge is 0.243 e. The van der Waals surface area contributed by atoms with Gasteiger partial charge in [0.05, 0.1) is 19.6 Å². The normalized spacial score (nSPS) is 16.0. The molecule has 1 aliphatic rings. The number of aromatic nitrogens is 1. The molecule has 2 heterocycles. The second kappa shape index (κ2) is 8.59. The van der Waals surface area contributed by atoms with Gasteiger partial charge in [-0.2, -0.15) is 4.31 Å². The van der Waals surface area contributed by atoms with Gasteiger partial charge in [0.1, 0.15) is 5.52 Å². The third-order valence-electron chi connectivity index (χ3n) is 5.03. The largest absolute Gasteiger partial charge is 0.302 e. The monoisotopic (exact) mass is 505 g/mol. The maximum Gasteiger partial charge on any atom is 0.243 e. The molecule has 1 aromatic heterocycles. The zero-order chi connectivity index (χ0) is 22.3. The first-order valence-corrected chi connectivity index (χ1v) is 12.2. The van der Waals surface area contributed by atoms with Gasteiger partial charge < -0.3 is 5.32 Å². The number of rotatable bonds is 4. The molecule has 0 aliphatic carbocycles. The number of benzene rings is 2. The zero-order valence-corrected chi connectivity index (χ0v) is 18.9. The lowest BCUT2D eigenvalue weighted by molar-refractivity contribution is -0.120. The summed E-state index contributed by atoms with van der Waals surface area (Å²) in [6, 6.07) is 5.74. The van der Waals surface area contributed by atoms with Crippen LogP contribution >= 0.6 is 34.5 Å². The zero-order valence-electron chi connectivity index (χ0n) is 15.7. The fraction of sp³-hybridized carbons (Fsp3) is 0.263. The predicted octanol–water partition coefficient (Wildman–Crippen LogP) is 4.92. The van der Waals surface area contributed by atoms with Gasteiger partial charge in [-0.1, -0.05) is 34.5 Å². The highest BCUT2D eigenvalue weighted by atomic mass is 35.5. The number of carbonyl (C=O) groups excluding carboxylic acids is 1. The van der Waals surface area contributed by atoms with E-state index in [-0.39, 0.29) is 36.7 Å². The Morgan fingerprint density at radius 1 is 1.10 bits per heavy atom. The first kappa shape index (κ1) is 22.3. The van der Waals surface area contributed by atoms with Crippen molar-refractivity contribution in [2.75, 3.05) is 18.4 Å². The fourth-order valence-corrected chi connectivity index (χ4v) is 6.26. The van der Waals surface area contributed by atoms with Crippen LogP contribution in [0.25, 0.3) is 10.2 Å². The van der Waals surface area contributed by atoms with Gasteiger partial charge in [-0.15, -0.1) is 0 Å². The quantitative estimate of drug-likeness (QED) is 0.545. The fourth-order valence-electron chi connectivity index (χ4n) is 3.35. The van der Waals surface area contributed by atoms with Crippen LogP contribution in [0.1, 0.15) is 12.8 Å². The Labute approximate surface area is 190 Å². The van der Waals surface area contributed by atoms with E-state index >= 15 is 0 Å². The number of sulfonamides is 1. The van der Waals surface area contributed by atoms with Crippen molar-refractivity contribution in [3.8, 4) is 0 Å². The molecule has 1 amide bonds. The van der Waals surface area contributed by atoms with Crippen molar-refractivity contribution in [1.82, 2.24) is 9.29 Å². The number of halogens is 4. The summed E-state index contributed by atoms with van der Waals surface area (Å²) in [5.41, 5.74) is 0.502. The lowest BCUT2D eigenvalue weighted by atomic mass is 9.97. The van der Waals surface area contributed by atoms with Gasteiger partial charge in [-0.3, -0.25) is 4.79 Å². The van der Waals surface area contributed by atoms with Crippen LogP contribution in [-0.4, -0.2) is 36.7 Å². The van der Waals surface area contributed by atoms with E-state index in [0.717, 1.165) is 12.1 Å². The number of nitrogens with one attached hydrogen (secondary N) is 1. The third-order valence-corrected chi connectivity index (χ3v) is 8.66. The van der Waals surface area contributed by atoms with Crippen molar-refractivity contribution < 1.29 is 22.0 Å². The molecule has 0 spiro atoms. The first-order valence-electron chi connectivity index (χ1n) is 9.17. The number of piperidine rings is 1. The van der Waals surface area contributed by atoms with Crippen LogP contribution in [0.5, 0.6) is 0 Å². The molecule has 164 valence electrons. The van der Waals surface area contributed by atoms with E-state index in [9.17, 15) is 22.0 Å². The van der Waals surface area contributed by atoms with Gasteiger partial charge in [-0.05, 0) is 43.2 Å². The third kappa shape index (κ3) is 4.40. The van der Waals surface area contributed by atoms with E-state index < -0.39 is 27.6 Å². The van der Waals surface area contributed by atoms with Crippen LogP contribution in [0.4, 0.5) is 13.9 Å². The summed E-state index contributed by atoms with van der Waals surface area (Å²) in [6.07, 6.45) is 0.558. The number of thiazole rings is 1. The van der Waals surface area contributed by atoms with Crippen molar-refractivity contribution in [3.63, 3.8) is 0 Å². The maximum atomic E-state index is 13.4. The molecule has 3 aromatic rings. The molecule has 1 fully saturated rings. The van der Waals surface area contributed by atoms with Crippen LogP contribution in [0.3, 0.4) is 0 Å². The summed E-state index contributed by atoms with van der Waals surface area (Å²) in [5.74, 6) is -3.05. The van der Waals surface area contributed by atoms with Crippen molar-refractivity contribution in [1.29, 1.82) is 0 Å². The highest BCUT2D eigenvalue weighted by molar-refractivity contribution is 7.89. The minimum atomic E-state index is -3.98. The molecule has 0 bridgehead atoms. The van der Waals surface area contributed by atoms with E-state index in [1.165, 1.54) is 15.6 Å². The van der Waals surface area contributed by atoms with Gasteiger partial charge in [0.15, 0.2) is 16.8 Å². The van der Waals surface area contributed by atoms with Gasteiger partial charge in [-0.25, -0.2) is 22.2 Å². The minimum Gasteiger partial charge on any atom is -0.302 e. The van der Waals surface area contributed by atoms with Crippen LogP contribution in [0.2, 0.25) is 10.0 Å². The molecule has 1 aliphatic heterocycles. The maximum absolute atomic E-state index is 13.4. The van der Waals surface area contributed by atoms with E-state index in [1.54, 1.807) is 12.1 Å². The average Bonchev–Trinajstić information content (AvgIpc) is 3.18.